The lowest BCUT2D eigenvalue weighted by molar-refractivity contribution is -0.173. The van der Waals surface area contributed by atoms with Crippen LogP contribution >= 0.6 is 23.2 Å². The minimum absolute atomic E-state index is 0.0537. The topological polar surface area (TPSA) is 115 Å². The van der Waals surface area contributed by atoms with Crippen molar-refractivity contribution in [3.8, 4) is 5.75 Å². The Hall–Kier alpha value is -2.42. The Bertz CT molecular complexity index is 1150. The number of fused-ring (bicyclic) bond motifs is 4. The predicted molar refractivity (Wildman–Crippen MR) is 112 cm³/mol. The summed E-state index contributed by atoms with van der Waals surface area (Å²) in [6.45, 7) is 1.69. The molecule has 168 valence electrons. The fourth-order valence-corrected chi connectivity index (χ4v) is 6.98. The van der Waals surface area contributed by atoms with Crippen LogP contribution in [0.2, 0.25) is 0 Å². The number of hydroxylamine groups is 2. The van der Waals surface area contributed by atoms with E-state index in [0.717, 1.165) is 4.90 Å². The molecular weight excluding hydrogens is 459 g/mol. The second-order valence-corrected chi connectivity index (χ2v) is 10.3. The molecule has 32 heavy (non-hydrogen) atoms. The van der Waals surface area contributed by atoms with Gasteiger partial charge in [0.05, 0.1) is 11.8 Å². The lowest BCUT2D eigenvalue weighted by atomic mass is 9.56. The summed E-state index contributed by atoms with van der Waals surface area (Å²) in [4.78, 5) is 48.9. The number of halogens is 2. The summed E-state index contributed by atoms with van der Waals surface area (Å²) in [5.74, 6) is -5.92. The number of carbonyl (C=O) groups excluding carboxylic acids is 4. The number of phenols is 1. The first kappa shape index (κ1) is 21.4. The number of benzene rings is 1. The molecule has 4 aliphatic rings. The van der Waals surface area contributed by atoms with Crippen LogP contribution in [0.5, 0.6) is 5.75 Å². The summed E-state index contributed by atoms with van der Waals surface area (Å²) in [6.07, 6.45) is 1.84. The molecule has 0 bridgehead atoms. The van der Waals surface area contributed by atoms with Crippen LogP contribution in [0.15, 0.2) is 29.8 Å². The molecule has 0 unspecified atom stereocenters. The number of aryl methyl sites for hydroxylation is 1. The molecule has 0 radical (unpaired) electrons. The van der Waals surface area contributed by atoms with Gasteiger partial charge in [-0.2, -0.15) is 5.06 Å². The van der Waals surface area contributed by atoms with Crippen molar-refractivity contribution in [3.63, 3.8) is 0 Å². The largest absolute Gasteiger partial charge is 0.508 e. The highest BCUT2D eigenvalue weighted by atomic mass is 35.5. The maximum atomic E-state index is 13.3. The van der Waals surface area contributed by atoms with E-state index >= 15 is 0 Å². The summed E-state index contributed by atoms with van der Waals surface area (Å²) in [6, 6.07) is 4.76. The van der Waals surface area contributed by atoms with Crippen LogP contribution in [0.1, 0.15) is 29.9 Å². The van der Waals surface area contributed by atoms with E-state index in [0.29, 0.717) is 16.7 Å². The third-order valence-corrected chi connectivity index (χ3v) is 8.96. The lowest BCUT2D eigenvalue weighted by Gasteiger charge is -2.50. The Morgan fingerprint density at radius 1 is 1.06 bits per heavy atom. The van der Waals surface area contributed by atoms with E-state index in [4.69, 9.17) is 23.2 Å². The number of hydrogen-bond acceptors (Lipinski definition) is 6. The normalized spacial score (nSPS) is 38.6. The first-order chi connectivity index (χ1) is 14.9. The number of nitrogens with zero attached hydrogens (tertiary/aromatic N) is 2. The smallest absolute Gasteiger partial charge is 0.257 e. The number of amides is 4. The Morgan fingerprint density at radius 2 is 1.75 bits per heavy atom. The molecule has 6 atom stereocenters. The number of phenolic OH excluding ortho intramolecular Hbond substituents is 1. The van der Waals surface area contributed by atoms with E-state index in [1.165, 1.54) is 13.1 Å². The van der Waals surface area contributed by atoms with Gasteiger partial charge in [-0.3, -0.25) is 29.3 Å². The number of alkyl halides is 2. The van der Waals surface area contributed by atoms with Crippen LogP contribution in [0, 0.1) is 24.7 Å². The zero-order valence-electron chi connectivity index (χ0n) is 17.2. The van der Waals surface area contributed by atoms with E-state index < -0.39 is 57.0 Å². The van der Waals surface area contributed by atoms with Crippen molar-refractivity contribution >= 4 is 46.8 Å². The molecule has 8 nitrogen and oxygen atoms in total. The van der Waals surface area contributed by atoms with Gasteiger partial charge in [-0.25, -0.2) is 0 Å². The van der Waals surface area contributed by atoms with Gasteiger partial charge in [0.15, 0.2) is 9.75 Å². The zero-order chi connectivity index (χ0) is 23.3. The molecule has 3 fully saturated rings. The maximum Gasteiger partial charge on any atom is 0.257 e. The summed E-state index contributed by atoms with van der Waals surface area (Å²) in [7, 11) is 1.32. The first-order valence-electron chi connectivity index (χ1n) is 10.2. The molecule has 5 rings (SSSR count). The number of carbonyl (C=O) groups is 4. The summed E-state index contributed by atoms with van der Waals surface area (Å²) >= 11 is 14.0. The van der Waals surface area contributed by atoms with Gasteiger partial charge in [0, 0.05) is 13.0 Å². The number of hydrogen-bond donors (Lipinski definition) is 2. The van der Waals surface area contributed by atoms with E-state index in [9.17, 15) is 29.5 Å². The molecule has 0 aromatic heterocycles. The van der Waals surface area contributed by atoms with Gasteiger partial charge in [0.1, 0.15) is 5.75 Å². The number of imide groups is 2. The monoisotopic (exact) mass is 478 g/mol. The highest BCUT2D eigenvalue weighted by molar-refractivity contribution is 6.53. The SMILES string of the molecule is Cc1cc([C@H]2C3=CC[C@@H]4C(=O)N(O)C(=O)[C@@H]4[C@@H]3C[C@@]3(Cl)C(=O)N(C)C(=O)[C@@]23Cl)ccc1O. The third kappa shape index (κ3) is 2.32. The average molecular weight is 479 g/mol. The molecule has 2 heterocycles. The van der Waals surface area contributed by atoms with E-state index in [1.54, 1.807) is 25.1 Å². The lowest BCUT2D eigenvalue weighted by Crippen LogP contribution is -2.60. The quantitative estimate of drug-likeness (QED) is 0.276. The molecule has 1 aromatic carbocycles. The molecule has 10 heteroatoms. The Morgan fingerprint density at radius 3 is 2.41 bits per heavy atom. The van der Waals surface area contributed by atoms with Crippen molar-refractivity contribution in [1.29, 1.82) is 0 Å². The number of rotatable bonds is 1. The zero-order valence-corrected chi connectivity index (χ0v) is 18.7. The van der Waals surface area contributed by atoms with Gasteiger partial charge in [-0.05, 0) is 42.9 Å². The van der Waals surface area contributed by atoms with E-state index in [-0.39, 0.29) is 23.7 Å². The highest BCUT2D eigenvalue weighted by Crippen LogP contribution is 2.65. The van der Waals surface area contributed by atoms with Gasteiger partial charge in [-0.1, -0.05) is 23.8 Å². The van der Waals surface area contributed by atoms with Crippen molar-refractivity contribution < 1.29 is 29.5 Å². The molecule has 1 aromatic rings. The molecule has 2 saturated heterocycles. The van der Waals surface area contributed by atoms with Crippen molar-refractivity contribution in [2.45, 2.75) is 35.4 Å². The molecule has 4 amide bonds. The van der Waals surface area contributed by atoms with Crippen molar-refractivity contribution in [1.82, 2.24) is 9.96 Å². The third-order valence-electron chi connectivity index (χ3n) is 7.55. The van der Waals surface area contributed by atoms with Gasteiger partial charge in [-0.15, -0.1) is 23.2 Å². The van der Waals surface area contributed by atoms with Crippen molar-refractivity contribution in [2.75, 3.05) is 7.05 Å². The van der Waals surface area contributed by atoms with Crippen LogP contribution in [-0.2, 0) is 19.2 Å². The molecular formula is C22H20Cl2N2O6. The minimum Gasteiger partial charge on any atom is -0.508 e. The van der Waals surface area contributed by atoms with Gasteiger partial charge in [0.25, 0.3) is 23.6 Å². The molecule has 2 aliphatic heterocycles. The number of allylic oxidation sites excluding steroid dienone is 2. The minimum atomic E-state index is -1.86. The second kappa shape index (κ2) is 6.56. The van der Waals surface area contributed by atoms with Gasteiger partial charge >= 0.3 is 0 Å². The van der Waals surface area contributed by atoms with Crippen LogP contribution in [0.4, 0.5) is 0 Å². The Balaban J connectivity index is 1.76. The van der Waals surface area contributed by atoms with Crippen LogP contribution in [0.25, 0.3) is 0 Å². The van der Waals surface area contributed by atoms with Crippen LogP contribution in [-0.4, -0.2) is 60.7 Å². The van der Waals surface area contributed by atoms with Crippen LogP contribution < -0.4 is 0 Å². The fourth-order valence-electron chi connectivity index (χ4n) is 5.96. The maximum absolute atomic E-state index is 13.3. The highest BCUT2D eigenvalue weighted by Gasteiger charge is 2.75. The Labute approximate surface area is 193 Å². The average Bonchev–Trinajstić information content (AvgIpc) is 3.05. The van der Waals surface area contributed by atoms with Gasteiger partial charge < -0.3 is 5.11 Å². The van der Waals surface area contributed by atoms with Crippen LogP contribution in [0.3, 0.4) is 0 Å². The van der Waals surface area contributed by atoms with Crippen molar-refractivity contribution in [3.05, 3.63) is 41.0 Å². The molecule has 2 aliphatic carbocycles. The Kier molecular flexibility index (Phi) is 4.39. The fraction of sp³-hybridized carbons (Fsp3) is 0.455. The number of likely N-dealkylation sites (tertiary alicyclic amines) is 1. The first-order valence-corrected chi connectivity index (χ1v) is 11.0. The van der Waals surface area contributed by atoms with E-state index in [2.05, 4.69) is 0 Å². The number of aromatic hydroxyl groups is 1. The second-order valence-electron chi connectivity index (χ2n) is 9.03. The van der Waals surface area contributed by atoms with Crippen molar-refractivity contribution in [2.24, 2.45) is 17.8 Å². The van der Waals surface area contributed by atoms with E-state index in [1.807, 2.05) is 0 Å². The molecule has 0 spiro atoms. The molecule has 1 saturated carbocycles. The standard InChI is InChI=1S/C22H20Cl2N2O6/c1-9-7-10(3-6-14(9)27)16-11-4-5-12-15(18(29)26(32)17(12)28)13(11)8-21(23)19(30)25(2)20(31)22(16,21)24/h3-4,6-7,12-13,15-16,27,32H,5,8H2,1-2H3/t12-,13+,15-,16-,21+,22-/m0/s1. The summed E-state index contributed by atoms with van der Waals surface area (Å²) in [5, 5.41) is 20.1. The molecule has 2 N–H and O–H groups in total. The predicted octanol–water partition coefficient (Wildman–Crippen LogP) is 2.08. The summed E-state index contributed by atoms with van der Waals surface area (Å²) in [5.41, 5.74) is 1.73. The van der Waals surface area contributed by atoms with Gasteiger partial charge in [0.2, 0.25) is 0 Å². The summed E-state index contributed by atoms with van der Waals surface area (Å²) < 4.78 is 0.